The SMILES string of the molecule is Cc1ccc(S(=O)(=O)[C@@H](N=C(Cl)Cl)C(Cl)(Cl)Cl)cc1. The van der Waals surface area contributed by atoms with Crippen molar-refractivity contribution in [3.63, 3.8) is 0 Å². The molecule has 0 unspecified atom stereocenters. The van der Waals surface area contributed by atoms with E-state index in [1.54, 1.807) is 12.1 Å². The Morgan fingerprint density at radius 2 is 1.63 bits per heavy atom. The lowest BCUT2D eigenvalue weighted by Gasteiger charge is -2.20. The van der Waals surface area contributed by atoms with E-state index in [1.165, 1.54) is 12.1 Å². The van der Waals surface area contributed by atoms with Crippen LogP contribution in [0.15, 0.2) is 34.2 Å². The standard InChI is InChI=1S/C10H8Cl5NO2S/c1-6-2-4-7(5-3-6)19(17,18)8(10(13,14)15)16-9(11)12/h2-5,8H,1H3/t8-/m1/s1. The van der Waals surface area contributed by atoms with Gasteiger partial charge in [-0.05, 0) is 42.3 Å². The van der Waals surface area contributed by atoms with Gasteiger partial charge >= 0.3 is 0 Å². The summed E-state index contributed by atoms with van der Waals surface area (Å²) < 4.78 is 22.0. The first-order chi connectivity index (χ1) is 8.55. The third-order valence-electron chi connectivity index (χ3n) is 2.14. The second-order valence-corrected chi connectivity index (χ2v) is 8.91. The van der Waals surface area contributed by atoms with Gasteiger partial charge in [0.2, 0.25) is 19.0 Å². The summed E-state index contributed by atoms with van der Waals surface area (Å²) in [6.45, 7) is 1.82. The fraction of sp³-hybridized carbons (Fsp3) is 0.300. The minimum absolute atomic E-state index is 0.0345. The molecule has 0 amide bonds. The summed E-state index contributed by atoms with van der Waals surface area (Å²) in [6, 6.07) is 6.03. The molecule has 0 bridgehead atoms. The van der Waals surface area contributed by atoms with E-state index >= 15 is 0 Å². The van der Waals surface area contributed by atoms with Gasteiger partial charge < -0.3 is 0 Å². The van der Waals surface area contributed by atoms with Crippen molar-refractivity contribution in [1.82, 2.24) is 0 Å². The maximum atomic E-state index is 12.3. The average molecular weight is 384 g/mol. The Balaban J connectivity index is 3.36. The summed E-state index contributed by atoms with van der Waals surface area (Å²) in [4.78, 5) is 3.45. The van der Waals surface area contributed by atoms with E-state index in [2.05, 4.69) is 4.99 Å². The average Bonchev–Trinajstić information content (AvgIpc) is 2.24. The third-order valence-corrected chi connectivity index (χ3v) is 5.32. The van der Waals surface area contributed by atoms with E-state index in [9.17, 15) is 8.42 Å². The van der Waals surface area contributed by atoms with Gasteiger partial charge in [0.15, 0.2) is 4.63 Å². The molecular formula is C10H8Cl5NO2S. The van der Waals surface area contributed by atoms with Gasteiger partial charge in [0.05, 0.1) is 4.90 Å². The van der Waals surface area contributed by atoms with Crippen molar-refractivity contribution in [3.8, 4) is 0 Å². The van der Waals surface area contributed by atoms with Gasteiger partial charge in [-0.2, -0.15) is 0 Å². The summed E-state index contributed by atoms with van der Waals surface area (Å²) in [7, 11) is -4.02. The molecule has 19 heavy (non-hydrogen) atoms. The summed E-state index contributed by atoms with van der Waals surface area (Å²) >= 11 is 27.7. The van der Waals surface area contributed by atoms with Crippen molar-refractivity contribution in [2.45, 2.75) is 21.0 Å². The minimum Gasteiger partial charge on any atom is -0.238 e. The number of nitrogens with zero attached hydrogens (tertiary/aromatic N) is 1. The van der Waals surface area contributed by atoms with Gasteiger partial charge in [0.1, 0.15) is 0 Å². The van der Waals surface area contributed by atoms with Crippen LogP contribution in [0.2, 0.25) is 0 Å². The van der Waals surface area contributed by atoms with Gasteiger partial charge in [0, 0.05) is 0 Å². The first-order valence-electron chi connectivity index (χ1n) is 4.81. The van der Waals surface area contributed by atoms with Crippen LogP contribution < -0.4 is 0 Å². The molecule has 0 heterocycles. The van der Waals surface area contributed by atoms with Gasteiger partial charge in [-0.3, -0.25) is 0 Å². The fourth-order valence-electron chi connectivity index (χ4n) is 1.26. The molecule has 1 rings (SSSR count). The van der Waals surface area contributed by atoms with E-state index in [0.29, 0.717) is 0 Å². The van der Waals surface area contributed by atoms with E-state index in [1.807, 2.05) is 6.92 Å². The molecule has 0 saturated heterocycles. The number of hydrogen-bond donors (Lipinski definition) is 0. The minimum atomic E-state index is -4.02. The molecule has 0 radical (unpaired) electrons. The highest BCUT2D eigenvalue weighted by Crippen LogP contribution is 2.38. The lowest BCUT2D eigenvalue weighted by atomic mass is 10.2. The van der Waals surface area contributed by atoms with Crippen LogP contribution in [0.3, 0.4) is 0 Å². The van der Waals surface area contributed by atoms with Crippen molar-refractivity contribution in [2.24, 2.45) is 4.99 Å². The third kappa shape index (κ3) is 4.66. The lowest BCUT2D eigenvalue weighted by molar-refractivity contribution is 0.582. The summed E-state index contributed by atoms with van der Waals surface area (Å²) in [5, 5.41) is -1.72. The number of rotatable bonds is 3. The Kier molecular flexibility index (Phi) is 5.82. The predicted octanol–water partition coefficient (Wildman–Crippen LogP) is 4.30. The van der Waals surface area contributed by atoms with Crippen LogP contribution in [-0.2, 0) is 9.84 Å². The summed E-state index contributed by atoms with van der Waals surface area (Å²) in [5.41, 5.74) is 0.892. The van der Waals surface area contributed by atoms with Crippen molar-refractivity contribution < 1.29 is 8.42 Å². The zero-order valence-electron chi connectivity index (χ0n) is 9.45. The molecule has 3 nitrogen and oxygen atoms in total. The van der Waals surface area contributed by atoms with Crippen LogP contribution in [0.1, 0.15) is 5.56 Å². The molecule has 0 saturated carbocycles. The molecule has 1 aromatic rings. The second-order valence-electron chi connectivity index (χ2n) is 3.62. The molecule has 0 spiro atoms. The number of sulfone groups is 1. The molecule has 0 aliphatic rings. The van der Waals surface area contributed by atoms with E-state index < -0.39 is 23.6 Å². The summed E-state index contributed by atoms with van der Waals surface area (Å²) in [5.74, 6) is 0. The Hall–Kier alpha value is 0.290. The molecular weight excluding hydrogens is 375 g/mol. The van der Waals surface area contributed by atoms with Gasteiger partial charge in [0.25, 0.3) is 0 Å². The zero-order valence-corrected chi connectivity index (χ0v) is 14.0. The molecule has 1 atom stereocenters. The topological polar surface area (TPSA) is 46.5 Å². The Bertz CT molecular complexity index is 573. The highest BCUT2D eigenvalue weighted by molar-refractivity contribution is 7.92. The van der Waals surface area contributed by atoms with Crippen molar-refractivity contribution in [2.75, 3.05) is 0 Å². The van der Waals surface area contributed by atoms with Gasteiger partial charge in [-0.15, -0.1) is 0 Å². The Morgan fingerprint density at radius 3 is 2.00 bits per heavy atom. The van der Waals surface area contributed by atoms with Gasteiger partial charge in [-0.1, -0.05) is 52.5 Å². The molecule has 0 aliphatic carbocycles. The van der Waals surface area contributed by atoms with Crippen LogP contribution in [0, 0.1) is 6.92 Å². The number of benzene rings is 1. The molecule has 9 heteroatoms. The first-order valence-corrected chi connectivity index (χ1v) is 8.25. The maximum absolute atomic E-state index is 12.3. The normalized spacial score (nSPS) is 14.0. The molecule has 0 N–H and O–H groups in total. The smallest absolute Gasteiger partial charge is 0.227 e. The predicted molar refractivity (Wildman–Crippen MR) is 81.6 cm³/mol. The van der Waals surface area contributed by atoms with Gasteiger partial charge in [-0.25, -0.2) is 13.4 Å². The number of alkyl halides is 3. The van der Waals surface area contributed by atoms with Crippen LogP contribution in [0.5, 0.6) is 0 Å². The molecule has 0 aliphatic heterocycles. The van der Waals surface area contributed by atoms with Crippen molar-refractivity contribution >= 4 is 72.5 Å². The Labute approximate surface area is 136 Å². The molecule has 1 aromatic carbocycles. The number of aliphatic imine (C=N–C) groups is 1. The van der Waals surface area contributed by atoms with Crippen molar-refractivity contribution in [3.05, 3.63) is 29.8 Å². The second kappa shape index (κ2) is 6.37. The molecule has 0 fully saturated rings. The zero-order chi connectivity index (χ0) is 14.8. The van der Waals surface area contributed by atoms with Crippen LogP contribution >= 0.6 is 58.0 Å². The monoisotopic (exact) mass is 381 g/mol. The van der Waals surface area contributed by atoms with Crippen LogP contribution in [0.25, 0.3) is 0 Å². The first kappa shape index (κ1) is 17.3. The molecule has 0 aromatic heterocycles. The van der Waals surface area contributed by atoms with E-state index in [-0.39, 0.29) is 4.90 Å². The Morgan fingerprint density at radius 1 is 1.16 bits per heavy atom. The fourth-order valence-corrected chi connectivity index (χ4v) is 4.15. The van der Waals surface area contributed by atoms with Crippen molar-refractivity contribution in [1.29, 1.82) is 0 Å². The highest BCUT2D eigenvalue weighted by Gasteiger charge is 2.43. The van der Waals surface area contributed by atoms with E-state index in [4.69, 9.17) is 58.0 Å². The molecule has 106 valence electrons. The largest absolute Gasteiger partial charge is 0.238 e. The number of hydrogen-bond acceptors (Lipinski definition) is 3. The van der Waals surface area contributed by atoms with E-state index in [0.717, 1.165) is 5.56 Å². The quantitative estimate of drug-likeness (QED) is 0.577. The number of halogens is 5. The highest BCUT2D eigenvalue weighted by atomic mass is 35.6. The lowest BCUT2D eigenvalue weighted by Crippen LogP contribution is -2.33. The summed E-state index contributed by atoms with van der Waals surface area (Å²) in [6.07, 6.45) is 0. The number of aryl methyl sites for hydroxylation is 1. The van der Waals surface area contributed by atoms with Crippen LogP contribution in [0.4, 0.5) is 0 Å². The maximum Gasteiger partial charge on any atom is 0.227 e. The van der Waals surface area contributed by atoms with Crippen LogP contribution in [-0.4, -0.2) is 22.2 Å².